The summed E-state index contributed by atoms with van der Waals surface area (Å²) < 4.78 is 7.83. The lowest BCUT2D eigenvalue weighted by Gasteiger charge is -2.30. The molecule has 3 aromatic rings. The van der Waals surface area contributed by atoms with Gasteiger partial charge in [-0.05, 0) is 29.7 Å². The Morgan fingerprint density at radius 3 is 2.77 bits per heavy atom. The van der Waals surface area contributed by atoms with E-state index in [0.717, 1.165) is 33.2 Å². The summed E-state index contributed by atoms with van der Waals surface area (Å²) in [7, 11) is 3.40. The molecule has 0 bridgehead atoms. The number of aryl methyl sites for hydroxylation is 1. The van der Waals surface area contributed by atoms with Gasteiger partial charge in [-0.15, -0.1) is 0 Å². The average molecular weight is 418 g/mol. The number of nitrogens with two attached hydrogens (primary N) is 1. The Kier molecular flexibility index (Phi) is 5.27. The number of benzene rings is 1. The van der Waals surface area contributed by atoms with Crippen molar-refractivity contribution in [1.29, 1.82) is 0 Å². The summed E-state index contributed by atoms with van der Waals surface area (Å²) in [6.07, 6.45) is 6.51. The fourth-order valence-corrected chi connectivity index (χ4v) is 4.15. The molecule has 1 atom stereocenters. The third-order valence-electron chi connectivity index (χ3n) is 5.66. The predicted molar refractivity (Wildman–Crippen MR) is 124 cm³/mol. The van der Waals surface area contributed by atoms with Gasteiger partial charge in [-0.25, -0.2) is 0 Å². The number of H-pyrrole nitrogens is 1. The van der Waals surface area contributed by atoms with Crippen LogP contribution in [0.3, 0.4) is 0 Å². The number of fused-ring (bicyclic) bond motifs is 2. The second-order valence-corrected chi connectivity index (χ2v) is 8.17. The summed E-state index contributed by atoms with van der Waals surface area (Å²) in [6, 6.07) is 5.80. The number of hydrogen-bond acceptors (Lipinski definition) is 5. The van der Waals surface area contributed by atoms with Crippen LogP contribution in [0.15, 0.2) is 46.6 Å². The fraction of sp³-hybridized carbons (Fsp3) is 0.292. The molecule has 1 aromatic carbocycles. The fourth-order valence-electron chi connectivity index (χ4n) is 4.15. The average Bonchev–Trinajstić information content (AvgIpc) is 3.23. The number of nitrogens with zero attached hydrogens (tertiary/aromatic N) is 2. The van der Waals surface area contributed by atoms with Crippen LogP contribution in [-0.4, -0.2) is 34.7 Å². The highest BCUT2D eigenvalue weighted by molar-refractivity contribution is 6.10. The quantitative estimate of drug-likeness (QED) is 0.636. The number of carbonyl (C=O) groups excluding carboxylic acids is 1. The highest BCUT2D eigenvalue weighted by atomic mass is 16.5. The molecule has 160 valence electrons. The van der Waals surface area contributed by atoms with Gasteiger partial charge in [0.25, 0.3) is 5.56 Å². The molecular formula is C24H26N4O3. The molecule has 7 heteroatoms. The van der Waals surface area contributed by atoms with Crippen LogP contribution in [0.1, 0.15) is 25.0 Å². The first-order valence-corrected chi connectivity index (χ1v) is 10.2. The highest BCUT2D eigenvalue weighted by Gasteiger charge is 2.33. The lowest BCUT2D eigenvalue weighted by molar-refractivity contribution is -0.128. The predicted octanol–water partition coefficient (Wildman–Crippen LogP) is 3.06. The second-order valence-electron chi connectivity index (χ2n) is 8.17. The number of hydrogen-bond donors (Lipinski definition) is 2. The molecule has 7 nitrogen and oxygen atoms in total. The van der Waals surface area contributed by atoms with Gasteiger partial charge in [-0.3, -0.25) is 14.6 Å². The van der Waals surface area contributed by atoms with Gasteiger partial charge >= 0.3 is 0 Å². The number of ether oxygens (including phenoxy) is 1. The van der Waals surface area contributed by atoms with Crippen LogP contribution in [-0.2, 0) is 18.3 Å². The third-order valence-corrected chi connectivity index (χ3v) is 5.66. The standard InChI is InChI=1S/C24H26N4O3/c1-13(2)22-20(29)9-15-7-14(16(10-25)11-26-3)8-18(23(15)31-22)19-12-28(4)24(30)21-17(19)5-6-27-21/h5-8,10-13,22,27H,9,25H2,1-4H3. The lowest BCUT2D eigenvalue weighted by Crippen LogP contribution is -2.37. The van der Waals surface area contributed by atoms with E-state index >= 15 is 0 Å². The zero-order valence-corrected chi connectivity index (χ0v) is 18.1. The summed E-state index contributed by atoms with van der Waals surface area (Å²) in [4.78, 5) is 32.5. The molecule has 0 spiro atoms. The van der Waals surface area contributed by atoms with E-state index in [1.165, 1.54) is 6.20 Å². The van der Waals surface area contributed by atoms with Gasteiger partial charge in [0, 0.05) is 73.0 Å². The van der Waals surface area contributed by atoms with E-state index in [0.29, 0.717) is 11.3 Å². The van der Waals surface area contributed by atoms with Crippen molar-refractivity contribution < 1.29 is 9.53 Å². The third kappa shape index (κ3) is 3.46. The number of aromatic nitrogens is 2. The maximum Gasteiger partial charge on any atom is 0.274 e. The summed E-state index contributed by atoms with van der Waals surface area (Å²) in [5.41, 5.74) is 10.3. The molecule has 4 rings (SSSR count). The summed E-state index contributed by atoms with van der Waals surface area (Å²) in [5.74, 6) is 0.778. The van der Waals surface area contributed by atoms with E-state index in [2.05, 4.69) is 9.98 Å². The number of pyridine rings is 1. The molecule has 3 heterocycles. The Morgan fingerprint density at radius 2 is 2.10 bits per heavy atom. The number of carbonyl (C=O) groups is 1. The van der Waals surface area contributed by atoms with Crippen molar-refractivity contribution in [3.8, 4) is 16.9 Å². The van der Waals surface area contributed by atoms with Gasteiger partial charge in [0.1, 0.15) is 11.3 Å². The minimum atomic E-state index is -0.506. The van der Waals surface area contributed by atoms with Crippen molar-refractivity contribution in [2.45, 2.75) is 26.4 Å². The van der Waals surface area contributed by atoms with Crippen molar-refractivity contribution >= 4 is 28.5 Å². The van der Waals surface area contributed by atoms with Crippen LogP contribution in [0, 0.1) is 5.92 Å². The lowest BCUT2D eigenvalue weighted by atomic mass is 9.88. The van der Waals surface area contributed by atoms with Gasteiger partial charge < -0.3 is 20.0 Å². The highest BCUT2D eigenvalue weighted by Crippen LogP contribution is 2.42. The van der Waals surface area contributed by atoms with E-state index < -0.39 is 6.10 Å². The van der Waals surface area contributed by atoms with Crippen molar-refractivity contribution in [1.82, 2.24) is 9.55 Å². The van der Waals surface area contributed by atoms with Crippen LogP contribution in [0.25, 0.3) is 27.6 Å². The van der Waals surface area contributed by atoms with E-state index in [1.807, 2.05) is 38.2 Å². The molecule has 31 heavy (non-hydrogen) atoms. The number of rotatable bonds is 4. The van der Waals surface area contributed by atoms with Crippen molar-refractivity contribution in [3.05, 3.63) is 58.3 Å². The Labute approximate surface area is 180 Å². The number of ketones is 1. The van der Waals surface area contributed by atoms with E-state index in [9.17, 15) is 9.59 Å². The molecule has 0 fully saturated rings. The van der Waals surface area contributed by atoms with Gasteiger partial charge in [0.15, 0.2) is 11.9 Å². The van der Waals surface area contributed by atoms with Crippen molar-refractivity contribution in [3.63, 3.8) is 0 Å². The van der Waals surface area contributed by atoms with Gasteiger partial charge in [-0.1, -0.05) is 13.8 Å². The van der Waals surface area contributed by atoms with E-state index in [-0.39, 0.29) is 23.7 Å². The Hall–Kier alpha value is -3.61. The molecule has 0 saturated heterocycles. The normalized spacial score (nSPS) is 16.9. The topological polar surface area (TPSA) is 102 Å². The molecule has 1 aliphatic rings. The van der Waals surface area contributed by atoms with Gasteiger partial charge in [0.05, 0.1) is 0 Å². The Bertz CT molecular complexity index is 1290. The second kappa shape index (κ2) is 7.91. The smallest absolute Gasteiger partial charge is 0.274 e. The summed E-state index contributed by atoms with van der Waals surface area (Å²) >= 11 is 0. The van der Waals surface area contributed by atoms with Crippen LogP contribution in [0.2, 0.25) is 0 Å². The molecule has 0 aliphatic carbocycles. The van der Waals surface area contributed by atoms with Gasteiger partial charge in [-0.2, -0.15) is 0 Å². The van der Waals surface area contributed by atoms with Crippen molar-refractivity contribution in [2.24, 2.45) is 23.7 Å². The van der Waals surface area contributed by atoms with E-state index in [4.69, 9.17) is 10.5 Å². The molecule has 3 N–H and O–H groups in total. The number of Topliss-reactive ketones (excluding diaryl/α,β-unsaturated/α-hetero) is 1. The largest absolute Gasteiger partial charge is 0.481 e. The SMILES string of the molecule is CN=CC(=CN)c1cc2c(c(-c3cn(C)c(=O)c4[nH]ccc34)c1)OC(C(C)C)C(=O)C2. The monoisotopic (exact) mass is 418 g/mol. The van der Waals surface area contributed by atoms with Crippen molar-refractivity contribution in [2.75, 3.05) is 7.05 Å². The molecular weight excluding hydrogens is 392 g/mol. The molecule has 2 aromatic heterocycles. The molecule has 0 saturated carbocycles. The zero-order chi connectivity index (χ0) is 22.3. The molecule has 0 amide bonds. The van der Waals surface area contributed by atoms with Crippen LogP contribution >= 0.6 is 0 Å². The number of nitrogens with one attached hydrogen (secondary N) is 1. The minimum absolute atomic E-state index is 0.0484. The number of aromatic amines is 1. The van der Waals surface area contributed by atoms with Crippen LogP contribution in [0.4, 0.5) is 0 Å². The first-order chi connectivity index (χ1) is 14.8. The molecule has 1 aliphatic heterocycles. The Balaban J connectivity index is 2.05. The maximum atomic E-state index is 12.8. The number of aliphatic imine (C=N–C) groups is 1. The molecule has 0 radical (unpaired) electrons. The summed E-state index contributed by atoms with van der Waals surface area (Å²) in [6.45, 7) is 3.95. The number of allylic oxidation sites excluding steroid dienone is 1. The Morgan fingerprint density at radius 1 is 1.32 bits per heavy atom. The minimum Gasteiger partial charge on any atom is -0.481 e. The zero-order valence-electron chi connectivity index (χ0n) is 18.1. The maximum absolute atomic E-state index is 12.8. The van der Waals surface area contributed by atoms with E-state index in [1.54, 1.807) is 31.1 Å². The molecule has 1 unspecified atom stereocenters. The first-order valence-electron chi connectivity index (χ1n) is 10.2. The van der Waals surface area contributed by atoms with Crippen LogP contribution < -0.4 is 16.0 Å². The summed E-state index contributed by atoms with van der Waals surface area (Å²) in [5, 5.41) is 0.798. The van der Waals surface area contributed by atoms with Gasteiger partial charge in [0.2, 0.25) is 0 Å². The van der Waals surface area contributed by atoms with Crippen LogP contribution in [0.5, 0.6) is 5.75 Å². The first kappa shape index (κ1) is 20.7.